The van der Waals surface area contributed by atoms with Gasteiger partial charge in [0.05, 0.1) is 5.57 Å². The number of aromatic nitrogens is 2. The van der Waals surface area contributed by atoms with Crippen LogP contribution in [0.4, 0.5) is 11.0 Å². The summed E-state index contributed by atoms with van der Waals surface area (Å²) in [5.41, 5.74) is 2.87. The van der Waals surface area contributed by atoms with Gasteiger partial charge in [-0.25, -0.2) is 0 Å². The zero-order chi connectivity index (χ0) is 20.7. The van der Waals surface area contributed by atoms with Gasteiger partial charge in [-0.2, -0.15) is 0 Å². The molecule has 0 bridgehead atoms. The van der Waals surface area contributed by atoms with Crippen LogP contribution in [-0.4, -0.2) is 41.1 Å². The number of aliphatic hydroxyl groups is 1. The molecule has 1 saturated heterocycles. The summed E-state index contributed by atoms with van der Waals surface area (Å²) in [6.45, 7) is 1.92. The first kappa shape index (κ1) is 18.9. The van der Waals surface area contributed by atoms with E-state index in [1.807, 2.05) is 33.2 Å². The molecule has 4 rings (SSSR count). The monoisotopic (exact) mass is 410 g/mol. The van der Waals surface area contributed by atoms with Crippen LogP contribution in [0.1, 0.15) is 22.9 Å². The van der Waals surface area contributed by atoms with Gasteiger partial charge in [0.1, 0.15) is 23.1 Å². The standard InChI is InChI=1S/C20H18N4O4S/c1-11-4-6-12(7-5-11)17(25)15-16(13-8-9-14(28-13)23(2)3)24(19(27)18(15)26)20-22-21-10-29-20/h4-10,16,25H,1-3H3/b17-15+. The Bertz CT molecular complexity index is 1100. The van der Waals surface area contributed by atoms with Gasteiger partial charge in [-0.3, -0.25) is 14.5 Å². The summed E-state index contributed by atoms with van der Waals surface area (Å²) in [6, 6.07) is 9.52. The Kier molecular flexibility index (Phi) is 4.67. The van der Waals surface area contributed by atoms with E-state index in [4.69, 9.17) is 4.42 Å². The van der Waals surface area contributed by atoms with E-state index in [1.54, 1.807) is 29.2 Å². The maximum absolute atomic E-state index is 12.9. The van der Waals surface area contributed by atoms with Crippen molar-refractivity contribution in [1.82, 2.24) is 10.2 Å². The summed E-state index contributed by atoms with van der Waals surface area (Å²) in [5.74, 6) is -0.951. The smallest absolute Gasteiger partial charge is 0.302 e. The second-order valence-corrected chi connectivity index (χ2v) is 7.64. The van der Waals surface area contributed by atoms with Crippen molar-refractivity contribution in [2.24, 2.45) is 0 Å². The molecule has 148 valence electrons. The number of anilines is 2. The average Bonchev–Trinajstić information content (AvgIpc) is 3.43. The van der Waals surface area contributed by atoms with Crippen LogP contribution in [-0.2, 0) is 9.59 Å². The number of Topliss-reactive ketones (excluding diaryl/α,β-unsaturated/α-hetero) is 1. The molecule has 1 aromatic carbocycles. The summed E-state index contributed by atoms with van der Waals surface area (Å²) >= 11 is 1.12. The molecule has 0 saturated carbocycles. The lowest BCUT2D eigenvalue weighted by atomic mass is 9.99. The Morgan fingerprint density at radius 1 is 1.17 bits per heavy atom. The summed E-state index contributed by atoms with van der Waals surface area (Å²) in [5, 5.41) is 18.9. The summed E-state index contributed by atoms with van der Waals surface area (Å²) in [6.07, 6.45) is 0. The minimum Gasteiger partial charge on any atom is -0.507 e. The molecule has 1 N–H and O–H groups in total. The number of nitrogens with zero attached hydrogens (tertiary/aromatic N) is 4. The van der Waals surface area contributed by atoms with Crippen LogP contribution in [0.25, 0.3) is 5.76 Å². The first-order chi connectivity index (χ1) is 13.9. The second kappa shape index (κ2) is 7.17. The van der Waals surface area contributed by atoms with E-state index < -0.39 is 17.7 Å². The molecule has 0 spiro atoms. The largest absolute Gasteiger partial charge is 0.507 e. The molecule has 1 amide bonds. The number of hydrogen-bond acceptors (Lipinski definition) is 8. The Hall–Kier alpha value is -3.46. The molecular formula is C20H18N4O4S. The number of aryl methyl sites for hydroxylation is 1. The Morgan fingerprint density at radius 3 is 2.48 bits per heavy atom. The van der Waals surface area contributed by atoms with E-state index >= 15 is 0 Å². The highest BCUT2D eigenvalue weighted by Crippen LogP contribution is 2.43. The SMILES string of the molecule is Cc1ccc(/C(O)=C2\C(=O)C(=O)N(c3nncs3)C2c2ccc(N(C)C)o2)cc1. The lowest BCUT2D eigenvalue weighted by Crippen LogP contribution is -2.29. The molecule has 0 aliphatic carbocycles. The third kappa shape index (κ3) is 3.19. The predicted octanol–water partition coefficient (Wildman–Crippen LogP) is 3.13. The number of furan rings is 1. The van der Waals surface area contributed by atoms with E-state index in [2.05, 4.69) is 10.2 Å². The van der Waals surface area contributed by atoms with Gasteiger partial charge < -0.3 is 14.4 Å². The first-order valence-corrected chi connectivity index (χ1v) is 9.67. The Balaban J connectivity index is 1.91. The molecular weight excluding hydrogens is 392 g/mol. The van der Waals surface area contributed by atoms with Crippen molar-refractivity contribution in [2.75, 3.05) is 23.9 Å². The number of rotatable bonds is 4. The Morgan fingerprint density at radius 2 is 1.90 bits per heavy atom. The number of carbonyl (C=O) groups excluding carboxylic acids is 2. The fourth-order valence-corrected chi connectivity index (χ4v) is 3.75. The topological polar surface area (TPSA) is 99.8 Å². The lowest BCUT2D eigenvalue weighted by molar-refractivity contribution is -0.132. The van der Waals surface area contributed by atoms with E-state index in [-0.39, 0.29) is 16.5 Å². The number of aliphatic hydroxyl groups excluding tert-OH is 1. The summed E-state index contributed by atoms with van der Waals surface area (Å²) < 4.78 is 5.88. The van der Waals surface area contributed by atoms with Crippen molar-refractivity contribution in [3.05, 3.63) is 64.4 Å². The number of carbonyl (C=O) groups is 2. The van der Waals surface area contributed by atoms with E-state index in [0.717, 1.165) is 16.9 Å². The molecule has 3 heterocycles. The zero-order valence-corrected chi connectivity index (χ0v) is 16.8. The molecule has 1 unspecified atom stereocenters. The molecule has 1 atom stereocenters. The third-order valence-corrected chi connectivity index (χ3v) is 5.34. The van der Waals surface area contributed by atoms with E-state index in [9.17, 15) is 14.7 Å². The van der Waals surface area contributed by atoms with Crippen LogP contribution in [0, 0.1) is 6.92 Å². The quantitative estimate of drug-likeness (QED) is 0.401. The average molecular weight is 410 g/mol. The molecule has 1 fully saturated rings. The fraction of sp³-hybridized carbons (Fsp3) is 0.200. The van der Waals surface area contributed by atoms with Gasteiger partial charge in [0, 0.05) is 25.7 Å². The van der Waals surface area contributed by atoms with Crippen LogP contribution >= 0.6 is 11.3 Å². The van der Waals surface area contributed by atoms with Gasteiger partial charge in [0.2, 0.25) is 5.13 Å². The van der Waals surface area contributed by atoms with Crippen LogP contribution in [0.3, 0.4) is 0 Å². The minimum absolute atomic E-state index is 0.0475. The first-order valence-electron chi connectivity index (χ1n) is 8.79. The van der Waals surface area contributed by atoms with Gasteiger partial charge >= 0.3 is 5.91 Å². The van der Waals surface area contributed by atoms with Gasteiger partial charge in [0.15, 0.2) is 5.88 Å². The van der Waals surface area contributed by atoms with Crippen LogP contribution in [0.15, 0.2) is 51.9 Å². The van der Waals surface area contributed by atoms with Crippen LogP contribution in [0.2, 0.25) is 0 Å². The molecule has 8 nitrogen and oxygen atoms in total. The lowest BCUT2D eigenvalue weighted by Gasteiger charge is -2.20. The van der Waals surface area contributed by atoms with Crippen molar-refractivity contribution in [2.45, 2.75) is 13.0 Å². The number of benzene rings is 1. The van der Waals surface area contributed by atoms with Crippen LogP contribution < -0.4 is 9.80 Å². The van der Waals surface area contributed by atoms with Crippen molar-refractivity contribution < 1.29 is 19.1 Å². The van der Waals surface area contributed by atoms with E-state index in [0.29, 0.717) is 17.2 Å². The third-order valence-electron chi connectivity index (χ3n) is 4.65. The highest BCUT2D eigenvalue weighted by Gasteiger charge is 2.49. The van der Waals surface area contributed by atoms with Crippen LogP contribution in [0.5, 0.6) is 0 Å². The summed E-state index contributed by atoms with van der Waals surface area (Å²) in [4.78, 5) is 28.7. The van der Waals surface area contributed by atoms with E-state index in [1.165, 1.54) is 10.4 Å². The van der Waals surface area contributed by atoms with Crippen molar-refractivity contribution in [1.29, 1.82) is 0 Å². The predicted molar refractivity (Wildman–Crippen MR) is 109 cm³/mol. The molecule has 29 heavy (non-hydrogen) atoms. The maximum atomic E-state index is 12.9. The number of ketones is 1. The highest BCUT2D eigenvalue weighted by atomic mass is 32.1. The molecule has 2 aromatic heterocycles. The summed E-state index contributed by atoms with van der Waals surface area (Å²) in [7, 11) is 3.63. The minimum atomic E-state index is -0.946. The van der Waals surface area contributed by atoms with Gasteiger partial charge in [-0.1, -0.05) is 41.2 Å². The molecule has 9 heteroatoms. The second-order valence-electron chi connectivity index (χ2n) is 6.83. The van der Waals surface area contributed by atoms with Gasteiger partial charge in [-0.05, 0) is 13.0 Å². The highest BCUT2D eigenvalue weighted by molar-refractivity contribution is 7.13. The van der Waals surface area contributed by atoms with Crippen molar-refractivity contribution in [3.8, 4) is 0 Å². The Labute approximate surface area is 170 Å². The fourth-order valence-electron chi connectivity index (χ4n) is 3.17. The molecule has 3 aromatic rings. The number of hydrogen-bond donors (Lipinski definition) is 1. The molecule has 0 radical (unpaired) electrons. The number of amides is 1. The molecule has 1 aliphatic rings. The zero-order valence-electron chi connectivity index (χ0n) is 16.0. The maximum Gasteiger partial charge on any atom is 0.302 e. The molecule has 1 aliphatic heterocycles. The normalized spacial score (nSPS) is 18.4. The van der Waals surface area contributed by atoms with Gasteiger partial charge in [0.25, 0.3) is 5.78 Å². The van der Waals surface area contributed by atoms with Crippen molar-refractivity contribution >= 4 is 39.8 Å². The van der Waals surface area contributed by atoms with Gasteiger partial charge in [-0.15, -0.1) is 10.2 Å². The van der Waals surface area contributed by atoms with Crippen molar-refractivity contribution in [3.63, 3.8) is 0 Å².